The predicted octanol–water partition coefficient (Wildman–Crippen LogP) is 2.76. The van der Waals surface area contributed by atoms with E-state index in [-0.39, 0.29) is 17.1 Å². The van der Waals surface area contributed by atoms with Crippen LogP contribution in [-0.2, 0) is 0 Å². The van der Waals surface area contributed by atoms with Gasteiger partial charge in [-0.3, -0.25) is 4.79 Å². The standard InChI is InChI=1S/C13H17ClFNO2/c1-3-7-13(2,18)8-16-12(17)11-9(14)5-4-6-10(11)15/h4-6,18H,3,7-8H2,1-2H3,(H,16,17). The molecule has 0 radical (unpaired) electrons. The Balaban J connectivity index is 2.72. The topological polar surface area (TPSA) is 49.3 Å². The van der Waals surface area contributed by atoms with Gasteiger partial charge in [-0.25, -0.2) is 4.39 Å². The van der Waals surface area contributed by atoms with Crippen LogP contribution in [0.2, 0.25) is 5.02 Å². The van der Waals surface area contributed by atoms with Gasteiger partial charge in [-0.05, 0) is 25.5 Å². The van der Waals surface area contributed by atoms with Crippen molar-refractivity contribution in [2.75, 3.05) is 6.54 Å². The lowest BCUT2D eigenvalue weighted by Crippen LogP contribution is -2.40. The Hall–Kier alpha value is -1.13. The van der Waals surface area contributed by atoms with Gasteiger partial charge < -0.3 is 10.4 Å². The molecule has 0 spiro atoms. The van der Waals surface area contributed by atoms with Crippen LogP contribution in [0.1, 0.15) is 37.0 Å². The largest absolute Gasteiger partial charge is 0.388 e. The molecule has 100 valence electrons. The first-order valence-electron chi connectivity index (χ1n) is 5.82. The predicted molar refractivity (Wildman–Crippen MR) is 69.3 cm³/mol. The van der Waals surface area contributed by atoms with Gasteiger partial charge in [0.2, 0.25) is 0 Å². The highest BCUT2D eigenvalue weighted by atomic mass is 35.5. The summed E-state index contributed by atoms with van der Waals surface area (Å²) in [6.45, 7) is 3.62. The molecule has 0 aromatic heterocycles. The van der Waals surface area contributed by atoms with Crippen molar-refractivity contribution in [3.05, 3.63) is 34.6 Å². The lowest BCUT2D eigenvalue weighted by Gasteiger charge is -2.23. The first-order valence-corrected chi connectivity index (χ1v) is 6.20. The first-order chi connectivity index (χ1) is 8.37. The number of rotatable bonds is 5. The van der Waals surface area contributed by atoms with Crippen LogP contribution in [0.3, 0.4) is 0 Å². The van der Waals surface area contributed by atoms with Crippen molar-refractivity contribution in [3.8, 4) is 0 Å². The molecule has 1 unspecified atom stereocenters. The van der Waals surface area contributed by atoms with Gasteiger partial charge in [-0.2, -0.15) is 0 Å². The van der Waals surface area contributed by atoms with Crippen molar-refractivity contribution in [1.82, 2.24) is 5.32 Å². The first kappa shape index (κ1) is 14.9. The van der Waals surface area contributed by atoms with Gasteiger partial charge >= 0.3 is 0 Å². The minimum absolute atomic E-state index is 0.0580. The average molecular weight is 274 g/mol. The van der Waals surface area contributed by atoms with Crippen molar-refractivity contribution in [3.63, 3.8) is 0 Å². The zero-order valence-corrected chi connectivity index (χ0v) is 11.2. The number of carbonyl (C=O) groups is 1. The van der Waals surface area contributed by atoms with Crippen LogP contribution in [-0.4, -0.2) is 23.2 Å². The molecule has 1 amide bonds. The SMILES string of the molecule is CCCC(C)(O)CNC(=O)c1c(F)cccc1Cl. The molecule has 1 aromatic rings. The van der Waals surface area contributed by atoms with Gasteiger partial charge in [0.15, 0.2) is 0 Å². The Morgan fingerprint density at radius 3 is 2.78 bits per heavy atom. The molecular weight excluding hydrogens is 257 g/mol. The fourth-order valence-electron chi connectivity index (χ4n) is 1.70. The van der Waals surface area contributed by atoms with E-state index in [1.165, 1.54) is 18.2 Å². The maximum absolute atomic E-state index is 13.5. The average Bonchev–Trinajstić information content (AvgIpc) is 2.26. The summed E-state index contributed by atoms with van der Waals surface area (Å²) in [5.74, 6) is -1.29. The molecule has 3 nitrogen and oxygen atoms in total. The van der Waals surface area contributed by atoms with E-state index in [4.69, 9.17) is 11.6 Å². The van der Waals surface area contributed by atoms with E-state index in [1.807, 2.05) is 6.92 Å². The highest BCUT2D eigenvalue weighted by Crippen LogP contribution is 2.19. The van der Waals surface area contributed by atoms with Crippen molar-refractivity contribution >= 4 is 17.5 Å². The number of hydrogen-bond acceptors (Lipinski definition) is 2. The second-order valence-corrected chi connectivity index (χ2v) is 4.93. The summed E-state index contributed by atoms with van der Waals surface area (Å²) in [6.07, 6.45) is 1.35. The van der Waals surface area contributed by atoms with Crippen LogP contribution < -0.4 is 5.32 Å². The molecule has 1 rings (SSSR count). The lowest BCUT2D eigenvalue weighted by molar-refractivity contribution is 0.0468. The van der Waals surface area contributed by atoms with E-state index in [2.05, 4.69) is 5.32 Å². The number of aliphatic hydroxyl groups is 1. The summed E-state index contributed by atoms with van der Waals surface area (Å²) < 4.78 is 13.5. The maximum atomic E-state index is 13.5. The third-order valence-electron chi connectivity index (χ3n) is 2.61. The van der Waals surface area contributed by atoms with Crippen molar-refractivity contribution in [2.24, 2.45) is 0 Å². The molecule has 0 aliphatic carbocycles. The van der Waals surface area contributed by atoms with Gasteiger partial charge in [-0.1, -0.05) is 31.0 Å². The zero-order valence-electron chi connectivity index (χ0n) is 10.5. The number of halogens is 2. The van der Waals surface area contributed by atoms with E-state index in [0.29, 0.717) is 6.42 Å². The fraction of sp³-hybridized carbons (Fsp3) is 0.462. The number of hydrogen-bond donors (Lipinski definition) is 2. The summed E-state index contributed by atoms with van der Waals surface area (Å²) in [5, 5.41) is 12.5. The van der Waals surface area contributed by atoms with E-state index in [0.717, 1.165) is 6.42 Å². The molecule has 0 bridgehead atoms. The van der Waals surface area contributed by atoms with Crippen LogP contribution in [0.5, 0.6) is 0 Å². The molecule has 5 heteroatoms. The minimum atomic E-state index is -0.998. The van der Waals surface area contributed by atoms with Gasteiger partial charge in [0, 0.05) is 6.54 Å². The van der Waals surface area contributed by atoms with Gasteiger partial charge in [0.1, 0.15) is 5.82 Å². The Kier molecular flexibility index (Phi) is 5.11. The summed E-state index contributed by atoms with van der Waals surface area (Å²) >= 11 is 5.77. The van der Waals surface area contributed by atoms with Gasteiger partial charge in [0.05, 0.1) is 16.2 Å². The van der Waals surface area contributed by atoms with Crippen LogP contribution >= 0.6 is 11.6 Å². The fourth-order valence-corrected chi connectivity index (χ4v) is 1.95. The third kappa shape index (κ3) is 3.96. The summed E-state index contributed by atoms with van der Waals surface area (Å²) in [6, 6.07) is 4.05. The summed E-state index contributed by atoms with van der Waals surface area (Å²) in [5.41, 5.74) is -1.19. The normalized spacial score (nSPS) is 14.1. The molecular formula is C13H17ClFNO2. The number of nitrogens with one attached hydrogen (secondary N) is 1. The van der Waals surface area contributed by atoms with E-state index in [9.17, 15) is 14.3 Å². The molecule has 0 heterocycles. The number of carbonyl (C=O) groups excluding carboxylic acids is 1. The molecule has 1 aromatic carbocycles. The van der Waals surface area contributed by atoms with Crippen LogP contribution in [0, 0.1) is 5.82 Å². The molecule has 0 saturated carbocycles. The Morgan fingerprint density at radius 1 is 1.56 bits per heavy atom. The molecule has 2 N–H and O–H groups in total. The summed E-state index contributed by atoms with van der Waals surface area (Å²) in [4.78, 5) is 11.8. The molecule has 0 saturated heterocycles. The van der Waals surface area contributed by atoms with Crippen molar-refractivity contribution in [1.29, 1.82) is 0 Å². The molecule has 0 aliphatic heterocycles. The van der Waals surface area contributed by atoms with Crippen LogP contribution in [0.15, 0.2) is 18.2 Å². The Morgan fingerprint density at radius 2 is 2.22 bits per heavy atom. The second kappa shape index (κ2) is 6.16. The maximum Gasteiger partial charge on any atom is 0.255 e. The Labute approximate surface area is 111 Å². The summed E-state index contributed by atoms with van der Waals surface area (Å²) in [7, 11) is 0. The van der Waals surface area contributed by atoms with Crippen molar-refractivity contribution < 1.29 is 14.3 Å². The second-order valence-electron chi connectivity index (χ2n) is 4.53. The molecule has 1 atom stereocenters. The molecule has 0 aliphatic rings. The van der Waals surface area contributed by atoms with E-state index in [1.54, 1.807) is 6.92 Å². The lowest BCUT2D eigenvalue weighted by atomic mass is 10.0. The van der Waals surface area contributed by atoms with Crippen LogP contribution in [0.25, 0.3) is 0 Å². The van der Waals surface area contributed by atoms with Crippen molar-refractivity contribution in [2.45, 2.75) is 32.3 Å². The van der Waals surface area contributed by atoms with E-state index < -0.39 is 17.3 Å². The van der Waals surface area contributed by atoms with Gasteiger partial charge in [0.25, 0.3) is 5.91 Å². The molecule has 0 fully saturated rings. The minimum Gasteiger partial charge on any atom is -0.388 e. The molecule has 18 heavy (non-hydrogen) atoms. The zero-order chi connectivity index (χ0) is 13.8. The highest BCUT2D eigenvalue weighted by molar-refractivity contribution is 6.33. The number of amides is 1. The van der Waals surface area contributed by atoms with E-state index >= 15 is 0 Å². The van der Waals surface area contributed by atoms with Gasteiger partial charge in [-0.15, -0.1) is 0 Å². The monoisotopic (exact) mass is 273 g/mol. The van der Waals surface area contributed by atoms with Crippen LogP contribution in [0.4, 0.5) is 4.39 Å². The quantitative estimate of drug-likeness (QED) is 0.867. The Bertz CT molecular complexity index is 415. The smallest absolute Gasteiger partial charge is 0.255 e. The number of benzene rings is 1. The third-order valence-corrected chi connectivity index (χ3v) is 2.92. The highest BCUT2D eigenvalue weighted by Gasteiger charge is 2.22.